The molecule has 1 saturated carbocycles. The van der Waals surface area contributed by atoms with Crippen LogP contribution in [0.25, 0.3) is 0 Å². The lowest BCUT2D eigenvalue weighted by atomic mass is 9.94. The SMILES string of the molecule is CC(CN1C[C@@H]2C[C@@](O)(Cc3cccs3)C[C@@H]2C1)c1ccc(O)c(F)c1. The number of thiophene rings is 1. The fourth-order valence-electron chi connectivity index (χ4n) is 4.91. The molecule has 4 atom stereocenters. The van der Waals surface area contributed by atoms with Crippen LogP contribution in [0.2, 0.25) is 0 Å². The minimum atomic E-state index is -0.550. The van der Waals surface area contributed by atoms with Crippen molar-refractivity contribution in [3.63, 3.8) is 0 Å². The van der Waals surface area contributed by atoms with Gasteiger partial charge in [0.05, 0.1) is 5.60 Å². The van der Waals surface area contributed by atoms with Gasteiger partial charge in [-0.3, -0.25) is 0 Å². The Hall–Kier alpha value is -1.43. The lowest BCUT2D eigenvalue weighted by molar-refractivity contribution is 0.0360. The molecule has 26 heavy (non-hydrogen) atoms. The third kappa shape index (κ3) is 3.66. The van der Waals surface area contributed by atoms with Crippen LogP contribution in [0, 0.1) is 17.7 Å². The maximum Gasteiger partial charge on any atom is 0.165 e. The zero-order valence-corrected chi connectivity index (χ0v) is 15.9. The van der Waals surface area contributed by atoms with Gasteiger partial charge in [-0.15, -0.1) is 11.3 Å². The molecule has 3 nitrogen and oxygen atoms in total. The van der Waals surface area contributed by atoms with Crippen molar-refractivity contribution in [2.45, 2.75) is 37.7 Å². The van der Waals surface area contributed by atoms with E-state index in [0.29, 0.717) is 11.8 Å². The van der Waals surface area contributed by atoms with Crippen LogP contribution in [0.15, 0.2) is 35.7 Å². The van der Waals surface area contributed by atoms with Crippen LogP contribution in [-0.4, -0.2) is 40.3 Å². The fraction of sp³-hybridized carbons (Fsp3) is 0.524. The first-order valence-corrected chi connectivity index (χ1v) is 10.3. The van der Waals surface area contributed by atoms with Crippen molar-refractivity contribution in [3.05, 3.63) is 52.0 Å². The van der Waals surface area contributed by atoms with Gasteiger partial charge in [-0.2, -0.15) is 0 Å². The van der Waals surface area contributed by atoms with Crippen LogP contribution in [0.3, 0.4) is 0 Å². The lowest BCUT2D eigenvalue weighted by Crippen LogP contribution is -2.33. The number of likely N-dealkylation sites (tertiary alicyclic amines) is 1. The summed E-state index contributed by atoms with van der Waals surface area (Å²) in [6.07, 6.45) is 2.55. The van der Waals surface area contributed by atoms with Crippen LogP contribution in [0.4, 0.5) is 4.39 Å². The molecule has 2 N–H and O–H groups in total. The number of rotatable bonds is 5. The van der Waals surface area contributed by atoms with Crippen molar-refractivity contribution in [2.24, 2.45) is 11.8 Å². The van der Waals surface area contributed by atoms with Crippen molar-refractivity contribution in [3.8, 4) is 5.75 Å². The first-order chi connectivity index (χ1) is 12.4. The first kappa shape index (κ1) is 18.0. The Morgan fingerprint density at radius 3 is 2.62 bits per heavy atom. The number of hydrogen-bond donors (Lipinski definition) is 2. The third-order valence-corrected chi connectivity index (χ3v) is 6.97. The van der Waals surface area contributed by atoms with Gasteiger partial charge in [-0.25, -0.2) is 4.39 Å². The van der Waals surface area contributed by atoms with E-state index in [2.05, 4.69) is 29.3 Å². The van der Waals surface area contributed by atoms with E-state index in [1.807, 2.05) is 0 Å². The van der Waals surface area contributed by atoms with Crippen molar-refractivity contribution in [2.75, 3.05) is 19.6 Å². The summed E-state index contributed by atoms with van der Waals surface area (Å²) in [5.41, 5.74) is 0.379. The van der Waals surface area contributed by atoms with Crippen LogP contribution in [0.5, 0.6) is 5.75 Å². The molecule has 0 spiro atoms. The fourth-order valence-corrected chi connectivity index (χ4v) is 5.75. The summed E-state index contributed by atoms with van der Waals surface area (Å²) in [5.74, 6) is 0.495. The molecule has 1 aliphatic heterocycles. The molecule has 2 aromatic rings. The second-order valence-corrected chi connectivity index (χ2v) is 9.27. The van der Waals surface area contributed by atoms with Crippen molar-refractivity contribution in [1.82, 2.24) is 4.90 Å². The predicted molar refractivity (Wildman–Crippen MR) is 102 cm³/mol. The zero-order valence-electron chi connectivity index (χ0n) is 15.1. The average molecular weight is 376 g/mol. The van der Waals surface area contributed by atoms with Gasteiger partial charge in [0.1, 0.15) is 0 Å². The van der Waals surface area contributed by atoms with Gasteiger partial charge in [0, 0.05) is 30.9 Å². The highest BCUT2D eigenvalue weighted by atomic mass is 32.1. The number of fused-ring (bicyclic) bond motifs is 1. The summed E-state index contributed by atoms with van der Waals surface area (Å²) in [7, 11) is 0. The predicted octanol–water partition coefficient (Wildman–Crippen LogP) is 4.01. The maximum absolute atomic E-state index is 13.6. The highest BCUT2D eigenvalue weighted by Crippen LogP contribution is 2.46. The summed E-state index contributed by atoms with van der Waals surface area (Å²) >= 11 is 1.73. The summed E-state index contributed by atoms with van der Waals surface area (Å²) in [4.78, 5) is 3.72. The number of phenols is 1. The van der Waals surface area contributed by atoms with Gasteiger partial charge < -0.3 is 15.1 Å². The van der Waals surface area contributed by atoms with Gasteiger partial charge in [0.15, 0.2) is 11.6 Å². The number of hydrogen-bond acceptors (Lipinski definition) is 4. The molecular formula is C21H26FNO2S. The van der Waals surface area contributed by atoms with E-state index in [0.717, 1.165) is 44.5 Å². The van der Waals surface area contributed by atoms with Gasteiger partial charge in [-0.05, 0) is 59.7 Å². The van der Waals surface area contributed by atoms with Crippen molar-refractivity contribution < 1.29 is 14.6 Å². The Labute approximate surface area is 158 Å². The standard InChI is InChI=1S/C21H26FNO2S/c1-14(15-4-5-20(24)19(22)7-15)11-23-12-16-8-21(25,9-17(16)13-23)10-18-3-2-6-26-18/h2-7,14,16-17,24-25H,8-13H2,1H3/t14?,16-,17+,21-. The van der Waals surface area contributed by atoms with E-state index in [9.17, 15) is 14.6 Å². The average Bonchev–Trinajstić information content (AvgIpc) is 3.26. The van der Waals surface area contributed by atoms with Gasteiger partial charge in [0.2, 0.25) is 0 Å². The molecule has 5 heteroatoms. The van der Waals surface area contributed by atoms with E-state index < -0.39 is 11.4 Å². The number of benzene rings is 1. The van der Waals surface area contributed by atoms with Crippen molar-refractivity contribution in [1.29, 1.82) is 0 Å². The third-order valence-electron chi connectivity index (χ3n) is 6.09. The molecule has 2 aliphatic rings. The number of halogens is 1. The molecule has 2 fully saturated rings. The molecule has 140 valence electrons. The van der Waals surface area contributed by atoms with Crippen LogP contribution >= 0.6 is 11.3 Å². The second-order valence-electron chi connectivity index (χ2n) is 8.24. The number of phenolic OH excluding ortho intramolecular Hbond substituents is 1. The molecular weight excluding hydrogens is 349 g/mol. The quantitative estimate of drug-likeness (QED) is 0.830. The Morgan fingerprint density at radius 2 is 2.00 bits per heavy atom. The van der Waals surface area contributed by atoms with Gasteiger partial charge in [0.25, 0.3) is 0 Å². The van der Waals surface area contributed by atoms with E-state index in [1.54, 1.807) is 17.4 Å². The van der Waals surface area contributed by atoms with E-state index in [-0.39, 0.29) is 11.7 Å². The molecule has 1 saturated heterocycles. The topological polar surface area (TPSA) is 43.7 Å². The smallest absolute Gasteiger partial charge is 0.165 e. The zero-order chi connectivity index (χ0) is 18.3. The summed E-state index contributed by atoms with van der Waals surface area (Å²) in [6, 6.07) is 8.84. The Balaban J connectivity index is 1.33. The Bertz CT molecular complexity index is 749. The first-order valence-electron chi connectivity index (χ1n) is 9.37. The molecule has 1 aliphatic carbocycles. The van der Waals surface area contributed by atoms with E-state index in [1.165, 1.54) is 17.0 Å². The van der Waals surface area contributed by atoms with E-state index in [4.69, 9.17) is 0 Å². The monoisotopic (exact) mass is 375 g/mol. The normalized spacial score (nSPS) is 29.8. The van der Waals surface area contributed by atoms with Crippen molar-refractivity contribution >= 4 is 11.3 Å². The van der Waals surface area contributed by atoms with Crippen LogP contribution in [0.1, 0.15) is 36.1 Å². The Morgan fingerprint density at radius 1 is 1.27 bits per heavy atom. The highest BCUT2D eigenvalue weighted by molar-refractivity contribution is 7.09. The largest absolute Gasteiger partial charge is 0.505 e. The number of aliphatic hydroxyl groups is 1. The lowest BCUT2D eigenvalue weighted by Gasteiger charge is -2.27. The number of nitrogens with zero attached hydrogens (tertiary/aromatic N) is 1. The molecule has 1 aromatic carbocycles. The Kier molecular flexibility index (Phi) is 4.80. The molecule has 0 radical (unpaired) electrons. The summed E-state index contributed by atoms with van der Waals surface area (Å²) in [6.45, 7) is 5.03. The maximum atomic E-state index is 13.6. The second kappa shape index (κ2) is 6.95. The molecule has 1 unspecified atom stereocenters. The van der Waals surface area contributed by atoms with E-state index >= 15 is 0 Å². The molecule has 2 heterocycles. The van der Waals surface area contributed by atoms with Gasteiger partial charge in [-0.1, -0.05) is 19.1 Å². The molecule has 1 aromatic heterocycles. The molecule has 0 amide bonds. The number of aromatic hydroxyl groups is 1. The highest BCUT2D eigenvalue weighted by Gasteiger charge is 2.48. The minimum Gasteiger partial charge on any atom is -0.505 e. The van der Waals surface area contributed by atoms with Crippen LogP contribution in [-0.2, 0) is 6.42 Å². The molecule has 4 rings (SSSR count). The van der Waals surface area contributed by atoms with Crippen LogP contribution < -0.4 is 0 Å². The molecule has 0 bridgehead atoms. The minimum absolute atomic E-state index is 0.217. The summed E-state index contributed by atoms with van der Waals surface area (Å²) in [5, 5.41) is 22.4. The van der Waals surface area contributed by atoms with Gasteiger partial charge >= 0.3 is 0 Å². The summed E-state index contributed by atoms with van der Waals surface area (Å²) < 4.78 is 13.6.